The average molecular weight is 350 g/mol. The number of pyridine rings is 1. The number of β-amino-alcohol motifs (C(OH)–C–C–N with tert-alkyl or cyclic N) is 1. The molecule has 1 aliphatic heterocycles. The Kier molecular flexibility index (Phi) is 4.40. The molecular weight excluding hydrogens is 332 g/mol. The maximum Gasteiger partial charge on any atom is 0.253 e. The number of aromatic nitrogens is 5. The molecule has 0 unspecified atom stereocenters. The number of amides is 1. The Morgan fingerprint density at radius 2 is 2.00 bits per heavy atom. The smallest absolute Gasteiger partial charge is 0.253 e. The van der Waals surface area contributed by atoms with Crippen LogP contribution in [0.4, 0.5) is 0 Å². The predicted molar refractivity (Wildman–Crippen MR) is 92.5 cm³/mol. The maximum atomic E-state index is 12.7. The zero-order valence-corrected chi connectivity index (χ0v) is 14.0. The molecule has 3 aromatic rings. The molecule has 26 heavy (non-hydrogen) atoms. The van der Waals surface area contributed by atoms with Crippen molar-refractivity contribution < 1.29 is 9.90 Å². The number of hydrogen-bond donors (Lipinski definition) is 1. The summed E-state index contributed by atoms with van der Waals surface area (Å²) < 4.78 is 1.52. The van der Waals surface area contributed by atoms with Gasteiger partial charge in [-0.2, -0.15) is 0 Å². The van der Waals surface area contributed by atoms with E-state index in [1.165, 1.54) is 11.0 Å². The summed E-state index contributed by atoms with van der Waals surface area (Å²) in [5.41, 5.74) is 2.28. The SMILES string of the molecule is O=C(c1ccc(-n2cnnn2)cc1)N1C[C@@H](Cc2ccccn2)[C@H](O)C1. The van der Waals surface area contributed by atoms with E-state index in [-0.39, 0.29) is 11.8 Å². The Balaban J connectivity index is 1.43. The molecule has 1 fully saturated rings. The van der Waals surface area contributed by atoms with Crippen molar-refractivity contribution in [2.45, 2.75) is 12.5 Å². The summed E-state index contributed by atoms with van der Waals surface area (Å²) in [5.74, 6) is -0.0924. The van der Waals surface area contributed by atoms with Crippen LogP contribution in [-0.4, -0.2) is 60.3 Å². The van der Waals surface area contributed by atoms with Gasteiger partial charge < -0.3 is 10.0 Å². The van der Waals surface area contributed by atoms with Gasteiger partial charge in [0.05, 0.1) is 11.8 Å². The van der Waals surface area contributed by atoms with Gasteiger partial charge in [0.15, 0.2) is 0 Å². The second-order valence-electron chi connectivity index (χ2n) is 6.36. The van der Waals surface area contributed by atoms with Crippen LogP contribution in [0.1, 0.15) is 16.1 Å². The number of nitrogens with zero attached hydrogens (tertiary/aromatic N) is 6. The molecule has 0 spiro atoms. The first-order chi connectivity index (χ1) is 12.7. The van der Waals surface area contributed by atoms with Crippen LogP contribution in [0, 0.1) is 5.92 Å². The highest BCUT2D eigenvalue weighted by molar-refractivity contribution is 5.94. The first-order valence-electron chi connectivity index (χ1n) is 8.41. The lowest BCUT2D eigenvalue weighted by atomic mass is 10.00. The van der Waals surface area contributed by atoms with E-state index in [1.807, 2.05) is 18.2 Å². The fourth-order valence-corrected chi connectivity index (χ4v) is 3.23. The Morgan fingerprint density at radius 3 is 2.69 bits per heavy atom. The van der Waals surface area contributed by atoms with E-state index in [0.29, 0.717) is 25.1 Å². The van der Waals surface area contributed by atoms with Crippen LogP contribution in [0.5, 0.6) is 0 Å². The van der Waals surface area contributed by atoms with Crippen LogP contribution >= 0.6 is 0 Å². The summed E-state index contributed by atoms with van der Waals surface area (Å²) in [7, 11) is 0. The fourth-order valence-electron chi connectivity index (χ4n) is 3.23. The van der Waals surface area contributed by atoms with E-state index in [0.717, 1.165) is 11.4 Å². The van der Waals surface area contributed by atoms with Crippen LogP contribution in [0.15, 0.2) is 55.0 Å². The van der Waals surface area contributed by atoms with Gasteiger partial charge in [-0.25, -0.2) is 4.68 Å². The molecule has 0 saturated carbocycles. The van der Waals surface area contributed by atoms with Crippen LogP contribution in [0.2, 0.25) is 0 Å². The van der Waals surface area contributed by atoms with Crippen molar-refractivity contribution >= 4 is 5.91 Å². The van der Waals surface area contributed by atoms with Crippen molar-refractivity contribution in [1.82, 2.24) is 30.1 Å². The first-order valence-corrected chi connectivity index (χ1v) is 8.41. The Labute approximate surface area is 150 Å². The maximum absolute atomic E-state index is 12.7. The number of carbonyl (C=O) groups is 1. The molecule has 8 heteroatoms. The molecule has 8 nitrogen and oxygen atoms in total. The first kappa shape index (κ1) is 16.3. The third-order valence-electron chi connectivity index (χ3n) is 4.62. The van der Waals surface area contributed by atoms with E-state index in [4.69, 9.17) is 0 Å². The molecular formula is C18H18N6O2. The normalized spacial score (nSPS) is 19.7. The molecule has 1 aliphatic rings. The molecule has 4 rings (SSSR count). The van der Waals surface area contributed by atoms with Crippen LogP contribution in [-0.2, 0) is 6.42 Å². The van der Waals surface area contributed by atoms with E-state index in [9.17, 15) is 9.90 Å². The molecule has 0 aliphatic carbocycles. The lowest BCUT2D eigenvalue weighted by Gasteiger charge is -2.16. The Bertz CT molecular complexity index is 866. The summed E-state index contributed by atoms with van der Waals surface area (Å²) in [6.07, 6.45) is 3.35. The van der Waals surface area contributed by atoms with Gasteiger partial charge in [0.2, 0.25) is 0 Å². The summed E-state index contributed by atoms with van der Waals surface area (Å²) in [5, 5.41) is 21.3. The quantitative estimate of drug-likeness (QED) is 0.745. The van der Waals surface area contributed by atoms with Gasteiger partial charge in [-0.05, 0) is 53.2 Å². The van der Waals surface area contributed by atoms with Gasteiger partial charge >= 0.3 is 0 Å². The minimum atomic E-state index is -0.540. The summed E-state index contributed by atoms with van der Waals surface area (Å²) >= 11 is 0. The molecule has 1 N–H and O–H groups in total. The van der Waals surface area contributed by atoms with Crippen LogP contribution in [0.3, 0.4) is 0 Å². The number of tetrazole rings is 1. The molecule has 1 amide bonds. The number of aliphatic hydroxyl groups excluding tert-OH is 1. The highest BCUT2D eigenvalue weighted by Crippen LogP contribution is 2.23. The number of benzene rings is 1. The molecule has 132 valence electrons. The minimum absolute atomic E-state index is 0.00523. The largest absolute Gasteiger partial charge is 0.391 e. The number of aliphatic hydroxyl groups is 1. The van der Waals surface area contributed by atoms with Crippen molar-refractivity contribution in [2.24, 2.45) is 5.92 Å². The lowest BCUT2D eigenvalue weighted by molar-refractivity contribution is 0.0764. The van der Waals surface area contributed by atoms with Crippen molar-refractivity contribution in [3.8, 4) is 5.69 Å². The number of hydrogen-bond acceptors (Lipinski definition) is 6. The third kappa shape index (κ3) is 3.31. The molecule has 2 aromatic heterocycles. The summed E-state index contributed by atoms with van der Waals surface area (Å²) in [4.78, 5) is 18.7. The van der Waals surface area contributed by atoms with E-state index in [1.54, 1.807) is 35.4 Å². The van der Waals surface area contributed by atoms with Crippen molar-refractivity contribution in [1.29, 1.82) is 0 Å². The lowest BCUT2D eigenvalue weighted by Crippen LogP contribution is -2.29. The molecule has 0 radical (unpaired) electrons. The number of likely N-dealkylation sites (tertiary alicyclic amines) is 1. The zero-order valence-electron chi connectivity index (χ0n) is 14.0. The molecule has 1 aromatic carbocycles. The average Bonchev–Trinajstić information content (AvgIpc) is 3.33. The van der Waals surface area contributed by atoms with E-state index in [2.05, 4.69) is 20.5 Å². The number of carbonyl (C=O) groups excluding carboxylic acids is 1. The standard InChI is InChI=1S/C18H18N6O2/c25-17-11-23(10-14(17)9-15-3-1-2-8-19-15)18(26)13-4-6-16(7-5-13)24-12-20-21-22-24/h1-8,12,14,17,25H,9-11H2/t14-,17-/m1/s1. The second-order valence-corrected chi connectivity index (χ2v) is 6.36. The molecule has 3 heterocycles. The van der Waals surface area contributed by atoms with Gasteiger partial charge in [-0.1, -0.05) is 6.07 Å². The minimum Gasteiger partial charge on any atom is -0.391 e. The van der Waals surface area contributed by atoms with Crippen molar-refractivity contribution in [3.63, 3.8) is 0 Å². The highest BCUT2D eigenvalue weighted by atomic mass is 16.3. The summed E-state index contributed by atoms with van der Waals surface area (Å²) in [6.45, 7) is 0.858. The van der Waals surface area contributed by atoms with Gasteiger partial charge in [-0.3, -0.25) is 9.78 Å². The van der Waals surface area contributed by atoms with Gasteiger partial charge in [0.25, 0.3) is 5.91 Å². The summed E-state index contributed by atoms with van der Waals surface area (Å²) in [6, 6.07) is 12.8. The molecule has 1 saturated heterocycles. The van der Waals surface area contributed by atoms with Gasteiger partial charge in [0.1, 0.15) is 6.33 Å². The van der Waals surface area contributed by atoms with Gasteiger partial charge in [0, 0.05) is 36.5 Å². The van der Waals surface area contributed by atoms with Crippen LogP contribution in [0.25, 0.3) is 5.69 Å². The Hall–Kier alpha value is -3.13. The van der Waals surface area contributed by atoms with Crippen molar-refractivity contribution in [2.75, 3.05) is 13.1 Å². The Morgan fingerprint density at radius 1 is 1.15 bits per heavy atom. The van der Waals surface area contributed by atoms with Crippen LogP contribution < -0.4 is 0 Å². The topological polar surface area (TPSA) is 97.0 Å². The monoisotopic (exact) mass is 350 g/mol. The van der Waals surface area contributed by atoms with E-state index < -0.39 is 6.10 Å². The molecule has 0 bridgehead atoms. The fraction of sp³-hybridized carbons (Fsp3) is 0.278. The number of rotatable bonds is 4. The highest BCUT2D eigenvalue weighted by Gasteiger charge is 2.34. The zero-order chi connectivity index (χ0) is 17.9. The third-order valence-corrected chi connectivity index (χ3v) is 4.62. The predicted octanol–water partition coefficient (Wildman–Crippen LogP) is 0.733. The van der Waals surface area contributed by atoms with Gasteiger partial charge in [-0.15, -0.1) is 5.10 Å². The van der Waals surface area contributed by atoms with Crippen molar-refractivity contribution in [3.05, 3.63) is 66.2 Å². The second kappa shape index (κ2) is 7.01. The molecule has 2 atom stereocenters. The van der Waals surface area contributed by atoms with E-state index >= 15 is 0 Å².